The molecule has 1 aromatic heterocycles. The molecular formula is C23H25NO6. The van der Waals surface area contributed by atoms with Crippen LogP contribution in [0.3, 0.4) is 0 Å². The van der Waals surface area contributed by atoms with Gasteiger partial charge in [-0.15, -0.1) is 0 Å². The number of hydrogen-bond donors (Lipinski definition) is 0. The highest BCUT2D eigenvalue weighted by Crippen LogP contribution is 2.28. The van der Waals surface area contributed by atoms with Crippen molar-refractivity contribution in [2.45, 2.75) is 39.2 Å². The van der Waals surface area contributed by atoms with Gasteiger partial charge in [-0.25, -0.2) is 0 Å². The SMILES string of the molecule is CC(=O)c1ccc(OCC2CN(C(=O)c3coc4c3C(=O)CCC4)CCO2)cc1C. The number of Topliss-reactive ketones (excluding diaryl/α,β-unsaturated/α-hetero) is 2. The molecule has 1 atom stereocenters. The smallest absolute Gasteiger partial charge is 0.258 e. The summed E-state index contributed by atoms with van der Waals surface area (Å²) in [5, 5.41) is 0. The summed E-state index contributed by atoms with van der Waals surface area (Å²) in [5.74, 6) is 1.06. The number of aryl methyl sites for hydroxylation is 2. The molecule has 30 heavy (non-hydrogen) atoms. The quantitative estimate of drug-likeness (QED) is 0.702. The lowest BCUT2D eigenvalue weighted by Crippen LogP contribution is -2.47. The summed E-state index contributed by atoms with van der Waals surface area (Å²) in [5.41, 5.74) is 2.33. The van der Waals surface area contributed by atoms with E-state index in [0.717, 1.165) is 12.0 Å². The Morgan fingerprint density at radius 2 is 2.07 bits per heavy atom. The minimum Gasteiger partial charge on any atom is -0.491 e. The maximum atomic E-state index is 13.0. The fourth-order valence-corrected chi connectivity index (χ4v) is 4.06. The van der Waals surface area contributed by atoms with E-state index in [-0.39, 0.29) is 30.2 Å². The van der Waals surface area contributed by atoms with Gasteiger partial charge in [0.05, 0.1) is 24.3 Å². The van der Waals surface area contributed by atoms with Crippen LogP contribution in [0.25, 0.3) is 0 Å². The van der Waals surface area contributed by atoms with Gasteiger partial charge in [0, 0.05) is 24.9 Å². The monoisotopic (exact) mass is 411 g/mol. The van der Waals surface area contributed by atoms with Crippen molar-refractivity contribution in [2.24, 2.45) is 0 Å². The fraction of sp³-hybridized carbons (Fsp3) is 0.435. The molecule has 1 aromatic carbocycles. The third kappa shape index (κ3) is 4.03. The number of rotatable bonds is 5. The molecule has 0 bridgehead atoms. The summed E-state index contributed by atoms with van der Waals surface area (Å²) in [4.78, 5) is 38.6. The number of hydrogen-bond acceptors (Lipinski definition) is 6. The van der Waals surface area contributed by atoms with Crippen molar-refractivity contribution < 1.29 is 28.3 Å². The zero-order valence-electron chi connectivity index (χ0n) is 17.2. The van der Waals surface area contributed by atoms with Gasteiger partial charge >= 0.3 is 0 Å². The van der Waals surface area contributed by atoms with Gasteiger partial charge in [-0.1, -0.05) is 0 Å². The lowest BCUT2D eigenvalue weighted by atomic mass is 9.93. The predicted octanol–water partition coefficient (Wildman–Crippen LogP) is 3.23. The van der Waals surface area contributed by atoms with E-state index < -0.39 is 0 Å². The minimum atomic E-state index is -0.283. The van der Waals surface area contributed by atoms with Crippen LogP contribution in [0.5, 0.6) is 5.75 Å². The average molecular weight is 411 g/mol. The number of amides is 1. The highest BCUT2D eigenvalue weighted by molar-refractivity contribution is 6.09. The van der Waals surface area contributed by atoms with Gasteiger partial charge in [-0.05, 0) is 44.0 Å². The van der Waals surface area contributed by atoms with Crippen molar-refractivity contribution in [1.82, 2.24) is 4.90 Å². The summed E-state index contributed by atoms with van der Waals surface area (Å²) in [6, 6.07) is 5.34. The fourth-order valence-electron chi connectivity index (χ4n) is 4.06. The number of benzene rings is 1. The summed E-state index contributed by atoms with van der Waals surface area (Å²) < 4.78 is 17.1. The van der Waals surface area contributed by atoms with E-state index in [0.29, 0.717) is 60.7 Å². The number of carbonyl (C=O) groups excluding carboxylic acids is 3. The zero-order chi connectivity index (χ0) is 21.3. The van der Waals surface area contributed by atoms with Crippen LogP contribution in [0.1, 0.15) is 62.2 Å². The molecule has 7 nitrogen and oxygen atoms in total. The predicted molar refractivity (Wildman–Crippen MR) is 108 cm³/mol. The molecule has 1 unspecified atom stereocenters. The normalized spacial score (nSPS) is 18.8. The van der Waals surface area contributed by atoms with E-state index in [9.17, 15) is 14.4 Å². The Hall–Kier alpha value is -2.93. The molecule has 1 aliphatic carbocycles. The summed E-state index contributed by atoms with van der Waals surface area (Å²) in [7, 11) is 0. The Balaban J connectivity index is 1.40. The number of morpholine rings is 1. The van der Waals surface area contributed by atoms with E-state index in [1.54, 1.807) is 17.0 Å². The van der Waals surface area contributed by atoms with Crippen molar-refractivity contribution in [3.8, 4) is 5.75 Å². The first kappa shape index (κ1) is 20.3. The standard InChI is InChI=1S/C23H25NO6/c1-14-10-16(6-7-18(14)15(2)25)29-12-17-11-24(8-9-28-17)23(27)19-13-30-21-5-3-4-20(26)22(19)21/h6-7,10,13,17H,3-5,8-9,11-12H2,1-2H3. The second-order valence-corrected chi connectivity index (χ2v) is 7.81. The van der Waals surface area contributed by atoms with Gasteiger partial charge in [0.2, 0.25) is 0 Å². The van der Waals surface area contributed by atoms with Crippen molar-refractivity contribution in [3.63, 3.8) is 0 Å². The van der Waals surface area contributed by atoms with Crippen molar-refractivity contribution in [2.75, 3.05) is 26.3 Å². The minimum absolute atomic E-state index is 0.0173. The molecule has 2 heterocycles. The third-order valence-electron chi connectivity index (χ3n) is 5.62. The molecule has 1 aliphatic heterocycles. The van der Waals surface area contributed by atoms with E-state index in [4.69, 9.17) is 13.9 Å². The Morgan fingerprint density at radius 1 is 1.23 bits per heavy atom. The van der Waals surface area contributed by atoms with Crippen LogP contribution >= 0.6 is 0 Å². The summed E-state index contributed by atoms with van der Waals surface area (Å²) in [6.07, 6.45) is 3.03. The third-order valence-corrected chi connectivity index (χ3v) is 5.62. The first-order chi connectivity index (χ1) is 14.4. The molecule has 0 radical (unpaired) electrons. The number of ketones is 2. The van der Waals surface area contributed by atoms with Crippen molar-refractivity contribution >= 4 is 17.5 Å². The van der Waals surface area contributed by atoms with Crippen LogP contribution in [-0.2, 0) is 11.2 Å². The maximum Gasteiger partial charge on any atom is 0.258 e. The summed E-state index contributed by atoms with van der Waals surface area (Å²) in [6.45, 7) is 4.91. The largest absolute Gasteiger partial charge is 0.491 e. The van der Waals surface area contributed by atoms with Crippen LogP contribution in [-0.4, -0.2) is 54.8 Å². The maximum absolute atomic E-state index is 13.0. The van der Waals surface area contributed by atoms with E-state index in [2.05, 4.69) is 0 Å². The number of fused-ring (bicyclic) bond motifs is 1. The molecule has 4 rings (SSSR count). The van der Waals surface area contributed by atoms with Crippen LogP contribution in [0.4, 0.5) is 0 Å². The topological polar surface area (TPSA) is 86.0 Å². The summed E-state index contributed by atoms with van der Waals surface area (Å²) >= 11 is 0. The molecule has 0 N–H and O–H groups in total. The number of carbonyl (C=O) groups is 3. The number of ether oxygens (including phenoxy) is 2. The Bertz CT molecular complexity index is 992. The molecule has 1 saturated heterocycles. The Labute approximate surface area is 174 Å². The second-order valence-electron chi connectivity index (χ2n) is 7.81. The highest BCUT2D eigenvalue weighted by atomic mass is 16.5. The average Bonchev–Trinajstić information content (AvgIpc) is 3.17. The van der Waals surface area contributed by atoms with Crippen LogP contribution in [0.15, 0.2) is 28.9 Å². The molecule has 2 aliphatic rings. The van der Waals surface area contributed by atoms with E-state index >= 15 is 0 Å². The molecule has 1 amide bonds. The number of furan rings is 1. The van der Waals surface area contributed by atoms with Gasteiger partial charge in [-0.3, -0.25) is 14.4 Å². The van der Waals surface area contributed by atoms with Gasteiger partial charge in [0.15, 0.2) is 11.6 Å². The first-order valence-electron chi connectivity index (χ1n) is 10.2. The molecule has 2 aromatic rings. The molecule has 0 saturated carbocycles. The molecule has 158 valence electrons. The lowest BCUT2D eigenvalue weighted by molar-refractivity contribution is -0.0401. The van der Waals surface area contributed by atoms with Gasteiger partial charge in [-0.2, -0.15) is 0 Å². The molecule has 7 heteroatoms. The van der Waals surface area contributed by atoms with Crippen LogP contribution in [0.2, 0.25) is 0 Å². The van der Waals surface area contributed by atoms with Crippen molar-refractivity contribution in [3.05, 3.63) is 52.5 Å². The van der Waals surface area contributed by atoms with Gasteiger partial charge < -0.3 is 18.8 Å². The second kappa shape index (κ2) is 8.44. The van der Waals surface area contributed by atoms with Gasteiger partial charge in [0.25, 0.3) is 5.91 Å². The molecule has 0 spiro atoms. The molecular weight excluding hydrogens is 386 g/mol. The zero-order valence-corrected chi connectivity index (χ0v) is 17.2. The Morgan fingerprint density at radius 3 is 2.83 bits per heavy atom. The lowest BCUT2D eigenvalue weighted by Gasteiger charge is -2.32. The van der Waals surface area contributed by atoms with Gasteiger partial charge in [0.1, 0.15) is 30.5 Å². The van der Waals surface area contributed by atoms with E-state index in [1.165, 1.54) is 13.2 Å². The Kier molecular flexibility index (Phi) is 5.72. The number of nitrogens with zero attached hydrogens (tertiary/aromatic N) is 1. The van der Waals surface area contributed by atoms with Crippen molar-refractivity contribution in [1.29, 1.82) is 0 Å². The molecule has 1 fully saturated rings. The van der Waals surface area contributed by atoms with E-state index in [1.807, 2.05) is 13.0 Å². The first-order valence-corrected chi connectivity index (χ1v) is 10.2. The van der Waals surface area contributed by atoms with Crippen LogP contribution in [0, 0.1) is 6.92 Å². The highest BCUT2D eigenvalue weighted by Gasteiger charge is 2.32. The van der Waals surface area contributed by atoms with Crippen LogP contribution < -0.4 is 4.74 Å².